The van der Waals surface area contributed by atoms with Crippen LogP contribution in [0.15, 0.2) is 78.9 Å². The van der Waals surface area contributed by atoms with E-state index in [1.165, 1.54) is 4.90 Å². The fourth-order valence-electron chi connectivity index (χ4n) is 4.03. The molecule has 3 aromatic rings. The van der Waals surface area contributed by atoms with E-state index < -0.39 is 28.5 Å². The fraction of sp³-hybridized carbons (Fsp3) is 0.310. The number of halogens is 1. The smallest absolute Gasteiger partial charge is 0.244 e. The summed E-state index contributed by atoms with van der Waals surface area (Å²) in [7, 11) is -3.81. The molecule has 202 valence electrons. The Kier molecular flexibility index (Phi) is 10.3. The van der Waals surface area contributed by atoms with Crippen LogP contribution in [0.4, 0.5) is 5.69 Å². The molecule has 0 saturated carbocycles. The van der Waals surface area contributed by atoms with Gasteiger partial charge >= 0.3 is 0 Å². The predicted octanol–water partition coefficient (Wildman–Crippen LogP) is 4.58. The molecule has 0 spiro atoms. The topological polar surface area (TPSA) is 86.8 Å². The molecule has 0 saturated heterocycles. The molecular weight excluding hydrogens is 522 g/mol. The lowest BCUT2D eigenvalue weighted by atomic mass is 10.0. The zero-order valence-corrected chi connectivity index (χ0v) is 23.5. The number of amides is 2. The summed E-state index contributed by atoms with van der Waals surface area (Å²) in [5, 5.41) is 3.37. The first-order valence-electron chi connectivity index (χ1n) is 12.5. The van der Waals surface area contributed by atoms with E-state index in [0.717, 1.165) is 33.7 Å². The van der Waals surface area contributed by atoms with E-state index >= 15 is 0 Å². The van der Waals surface area contributed by atoms with Crippen molar-refractivity contribution in [2.45, 2.75) is 39.3 Å². The molecule has 38 heavy (non-hydrogen) atoms. The molecule has 0 bridgehead atoms. The van der Waals surface area contributed by atoms with Gasteiger partial charge in [0.15, 0.2) is 0 Å². The molecule has 3 rings (SSSR count). The summed E-state index contributed by atoms with van der Waals surface area (Å²) in [6.45, 7) is 4.08. The molecule has 0 unspecified atom stereocenters. The SMILES string of the molecule is CCCNC(=O)[C@H](Cc1ccccc1)N(Cc1ccc(C)cc1)C(=O)CN(c1ccc(Cl)cc1)S(C)(=O)=O. The number of hydrogen-bond donors (Lipinski definition) is 1. The first-order chi connectivity index (χ1) is 18.1. The van der Waals surface area contributed by atoms with Gasteiger partial charge in [-0.2, -0.15) is 0 Å². The quantitative estimate of drug-likeness (QED) is 0.354. The van der Waals surface area contributed by atoms with E-state index in [1.807, 2.05) is 68.4 Å². The van der Waals surface area contributed by atoms with Crippen LogP contribution in [-0.2, 0) is 32.6 Å². The minimum Gasteiger partial charge on any atom is -0.354 e. The number of carbonyl (C=O) groups is 2. The number of rotatable bonds is 12. The molecule has 0 radical (unpaired) electrons. The summed E-state index contributed by atoms with van der Waals surface area (Å²) in [6, 6.07) is 22.6. The highest BCUT2D eigenvalue weighted by Crippen LogP contribution is 2.22. The van der Waals surface area contributed by atoms with Crippen LogP contribution in [0.1, 0.15) is 30.0 Å². The van der Waals surface area contributed by atoms with Gasteiger partial charge in [0.05, 0.1) is 11.9 Å². The standard InChI is InChI=1S/C29H34ClN3O4S/c1-4-18-31-29(35)27(19-23-8-6-5-7-9-23)32(20-24-12-10-22(2)11-13-24)28(34)21-33(38(3,36)37)26-16-14-25(30)15-17-26/h5-17,27H,4,18-21H2,1-3H3,(H,31,35)/t27-/m0/s1. The largest absolute Gasteiger partial charge is 0.354 e. The first-order valence-corrected chi connectivity index (χ1v) is 14.7. The molecule has 1 atom stereocenters. The normalized spacial score (nSPS) is 12.0. The zero-order chi connectivity index (χ0) is 27.7. The first kappa shape index (κ1) is 29.2. The van der Waals surface area contributed by atoms with Crippen molar-refractivity contribution in [3.63, 3.8) is 0 Å². The lowest BCUT2D eigenvalue weighted by molar-refractivity contribution is -0.140. The lowest BCUT2D eigenvalue weighted by Crippen LogP contribution is -2.53. The number of carbonyl (C=O) groups excluding carboxylic acids is 2. The molecule has 3 aromatic carbocycles. The Morgan fingerprint density at radius 1 is 0.921 bits per heavy atom. The van der Waals surface area contributed by atoms with Crippen LogP contribution < -0.4 is 9.62 Å². The number of hydrogen-bond acceptors (Lipinski definition) is 4. The fourth-order valence-corrected chi connectivity index (χ4v) is 5.01. The van der Waals surface area contributed by atoms with Crippen molar-refractivity contribution in [3.05, 3.63) is 101 Å². The number of aryl methyl sites for hydroxylation is 1. The molecule has 2 amide bonds. The van der Waals surface area contributed by atoms with E-state index in [4.69, 9.17) is 11.6 Å². The Morgan fingerprint density at radius 3 is 2.13 bits per heavy atom. The molecule has 0 aliphatic carbocycles. The molecule has 0 aromatic heterocycles. The summed E-state index contributed by atoms with van der Waals surface area (Å²) in [6.07, 6.45) is 2.08. The molecule has 0 fully saturated rings. The minimum atomic E-state index is -3.81. The third-order valence-electron chi connectivity index (χ3n) is 6.09. The number of anilines is 1. The summed E-state index contributed by atoms with van der Waals surface area (Å²) in [4.78, 5) is 28.9. The number of benzene rings is 3. The van der Waals surface area contributed by atoms with Gasteiger partial charge in [0.25, 0.3) is 0 Å². The van der Waals surface area contributed by atoms with Crippen molar-refractivity contribution < 1.29 is 18.0 Å². The Morgan fingerprint density at radius 2 is 1.55 bits per heavy atom. The summed E-state index contributed by atoms with van der Waals surface area (Å²) >= 11 is 6.00. The maximum absolute atomic E-state index is 13.9. The van der Waals surface area contributed by atoms with Crippen LogP contribution in [0, 0.1) is 6.92 Å². The second-order valence-electron chi connectivity index (χ2n) is 9.25. The average molecular weight is 556 g/mol. The van der Waals surface area contributed by atoms with E-state index in [2.05, 4.69) is 5.32 Å². The molecule has 0 aliphatic rings. The summed E-state index contributed by atoms with van der Waals surface area (Å²) in [5.74, 6) is -0.771. The van der Waals surface area contributed by atoms with Crippen LogP contribution >= 0.6 is 11.6 Å². The van der Waals surface area contributed by atoms with Gasteiger partial charge in [0, 0.05) is 24.5 Å². The molecule has 7 nitrogen and oxygen atoms in total. The van der Waals surface area contributed by atoms with Crippen molar-refractivity contribution in [2.24, 2.45) is 0 Å². The Balaban J connectivity index is 2.02. The molecule has 1 N–H and O–H groups in total. The van der Waals surface area contributed by atoms with E-state index in [0.29, 0.717) is 17.3 Å². The zero-order valence-electron chi connectivity index (χ0n) is 21.9. The molecule has 0 heterocycles. The van der Waals surface area contributed by atoms with E-state index in [9.17, 15) is 18.0 Å². The van der Waals surface area contributed by atoms with Crippen molar-refractivity contribution in [2.75, 3.05) is 23.7 Å². The number of nitrogens with one attached hydrogen (secondary N) is 1. The van der Waals surface area contributed by atoms with Crippen molar-refractivity contribution in [1.29, 1.82) is 0 Å². The van der Waals surface area contributed by atoms with E-state index in [-0.39, 0.29) is 18.9 Å². The highest BCUT2D eigenvalue weighted by atomic mass is 35.5. The Hall–Kier alpha value is -3.36. The van der Waals surface area contributed by atoms with Gasteiger partial charge in [-0.15, -0.1) is 0 Å². The number of nitrogens with zero attached hydrogens (tertiary/aromatic N) is 2. The van der Waals surface area contributed by atoms with Crippen LogP contribution in [0.3, 0.4) is 0 Å². The monoisotopic (exact) mass is 555 g/mol. The van der Waals surface area contributed by atoms with Crippen LogP contribution in [0.2, 0.25) is 5.02 Å². The Bertz CT molecular complexity index is 1310. The molecular formula is C29H34ClN3O4S. The minimum absolute atomic E-state index is 0.147. The van der Waals surface area contributed by atoms with E-state index in [1.54, 1.807) is 24.3 Å². The summed E-state index contributed by atoms with van der Waals surface area (Å²) in [5.41, 5.74) is 3.11. The van der Waals surface area contributed by atoms with Gasteiger partial charge in [-0.3, -0.25) is 13.9 Å². The predicted molar refractivity (Wildman–Crippen MR) is 153 cm³/mol. The second kappa shape index (κ2) is 13.4. The van der Waals surface area contributed by atoms with Gasteiger partial charge in [-0.1, -0.05) is 78.7 Å². The van der Waals surface area contributed by atoms with Gasteiger partial charge in [-0.05, 0) is 48.7 Å². The van der Waals surface area contributed by atoms with Gasteiger partial charge in [-0.25, -0.2) is 8.42 Å². The molecule has 9 heteroatoms. The lowest BCUT2D eigenvalue weighted by Gasteiger charge is -2.33. The van der Waals surface area contributed by atoms with Crippen molar-refractivity contribution in [1.82, 2.24) is 10.2 Å². The number of sulfonamides is 1. The summed E-state index contributed by atoms with van der Waals surface area (Å²) < 4.78 is 26.5. The van der Waals surface area contributed by atoms with Gasteiger partial charge in [0.1, 0.15) is 12.6 Å². The maximum Gasteiger partial charge on any atom is 0.244 e. The third kappa shape index (κ3) is 8.33. The van der Waals surface area contributed by atoms with Crippen LogP contribution in [-0.4, -0.2) is 50.5 Å². The van der Waals surface area contributed by atoms with Crippen molar-refractivity contribution >= 4 is 39.1 Å². The average Bonchev–Trinajstić information content (AvgIpc) is 2.89. The Labute approximate surface area is 230 Å². The highest BCUT2D eigenvalue weighted by Gasteiger charge is 2.32. The molecule has 0 aliphatic heterocycles. The van der Waals surface area contributed by atoms with Gasteiger partial charge < -0.3 is 10.2 Å². The highest BCUT2D eigenvalue weighted by molar-refractivity contribution is 7.92. The van der Waals surface area contributed by atoms with Crippen molar-refractivity contribution in [3.8, 4) is 0 Å². The van der Waals surface area contributed by atoms with Crippen LogP contribution in [0.25, 0.3) is 0 Å². The third-order valence-corrected chi connectivity index (χ3v) is 7.48. The van der Waals surface area contributed by atoms with Gasteiger partial charge in [0.2, 0.25) is 21.8 Å². The second-order valence-corrected chi connectivity index (χ2v) is 11.6. The maximum atomic E-state index is 13.9. The van der Waals surface area contributed by atoms with Crippen LogP contribution in [0.5, 0.6) is 0 Å².